The molecule has 0 fully saturated rings. The molecule has 2 N–H and O–H groups in total. The number of hydrogen-bond acceptors (Lipinski definition) is 4. The summed E-state index contributed by atoms with van der Waals surface area (Å²) in [4.78, 5) is 10.9. The van der Waals surface area contributed by atoms with Crippen molar-refractivity contribution in [1.82, 2.24) is 0 Å². The van der Waals surface area contributed by atoms with Gasteiger partial charge in [0, 0.05) is 0 Å². The smallest absolute Gasteiger partial charge is 0.338 e. The molecular weight excluding hydrogens is 273 g/mol. The Bertz CT molecular complexity index is 557. The van der Waals surface area contributed by atoms with Gasteiger partial charge in [-0.15, -0.1) is 0 Å². The summed E-state index contributed by atoms with van der Waals surface area (Å²) in [7, 11) is -4.20. The number of sulfonamides is 1. The highest BCUT2D eigenvalue weighted by Crippen LogP contribution is 2.15. The molecule has 0 aliphatic rings. The Kier molecular flexibility index (Phi) is 5.44. The predicted octanol–water partition coefficient (Wildman–Crippen LogP) is 1.82. The lowest BCUT2D eigenvalue weighted by Crippen LogP contribution is -2.15. The van der Waals surface area contributed by atoms with Crippen LogP contribution in [-0.2, 0) is 14.8 Å². The van der Waals surface area contributed by atoms with Crippen LogP contribution in [0, 0.1) is 5.82 Å². The van der Waals surface area contributed by atoms with Crippen LogP contribution in [0.15, 0.2) is 23.1 Å². The minimum absolute atomic E-state index is 0.0399. The summed E-state index contributed by atoms with van der Waals surface area (Å²) in [5.41, 5.74) is -0.0399. The molecule has 0 aliphatic heterocycles. The number of carbonyl (C=O) groups excluding carboxylic acids is 1. The van der Waals surface area contributed by atoms with E-state index in [0.29, 0.717) is 0 Å². The standard InChI is InChI=1S/C12H16FNO4S/c1-2-3-4-7-18-12(15)9-5-6-10(13)11(8-9)19(14,16)17/h5-6,8H,2-4,7H2,1H3,(H2,14,16,17). The summed E-state index contributed by atoms with van der Waals surface area (Å²) in [5, 5.41) is 4.85. The average molecular weight is 289 g/mol. The van der Waals surface area contributed by atoms with Gasteiger partial charge in [0.05, 0.1) is 12.2 Å². The van der Waals surface area contributed by atoms with Crippen molar-refractivity contribution >= 4 is 16.0 Å². The number of hydrogen-bond donors (Lipinski definition) is 1. The van der Waals surface area contributed by atoms with Gasteiger partial charge in [0.1, 0.15) is 10.7 Å². The summed E-state index contributed by atoms with van der Waals surface area (Å²) in [6.07, 6.45) is 2.65. The van der Waals surface area contributed by atoms with Crippen LogP contribution < -0.4 is 5.14 Å². The molecule has 0 aliphatic carbocycles. The van der Waals surface area contributed by atoms with Gasteiger partial charge >= 0.3 is 5.97 Å². The van der Waals surface area contributed by atoms with Crippen molar-refractivity contribution in [3.05, 3.63) is 29.6 Å². The first-order valence-corrected chi connectivity index (χ1v) is 7.40. The Morgan fingerprint density at radius 2 is 2.05 bits per heavy atom. The summed E-state index contributed by atoms with van der Waals surface area (Å²) in [5.74, 6) is -1.69. The first-order valence-electron chi connectivity index (χ1n) is 5.85. The van der Waals surface area contributed by atoms with Gasteiger partial charge in [0.25, 0.3) is 0 Å². The number of benzene rings is 1. The van der Waals surface area contributed by atoms with E-state index in [1.807, 2.05) is 6.92 Å². The fraction of sp³-hybridized carbons (Fsp3) is 0.417. The molecule has 1 aromatic carbocycles. The van der Waals surface area contributed by atoms with Gasteiger partial charge in [-0.2, -0.15) is 0 Å². The zero-order valence-corrected chi connectivity index (χ0v) is 11.4. The number of rotatable bonds is 6. The highest BCUT2D eigenvalue weighted by Gasteiger charge is 2.18. The molecule has 0 radical (unpaired) electrons. The van der Waals surface area contributed by atoms with Gasteiger partial charge in [-0.1, -0.05) is 19.8 Å². The molecule has 0 atom stereocenters. The second kappa shape index (κ2) is 6.63. The second-order valence-corrected chi connectivity index (χ2v) is 5.56. The van der Waals surface area contributed by atoms with Gasteiger partial charge < -0.3 is 4.74 Å². The number of nitrogens with two attached hydrogens (primary N) is 1. The fourth-order valence-electron chi connectivity index (χ4n) is 1.45. The summed E-state index contributed by atoms with van der Waals surface area (Å²) in [6, 6.07) is 2.92. The normalized spacial score (nSPS) is 11.3. The third-order valence-electron chi connectivity index (χ3n) is 2.45. The van der Waals surface area contributed by atoms with Crippen LogP contribution in [-0.4, -0.2) is 21.0 Å². The molecule has 1 aromatic rings. The minimum atomic E-state index is -4.20. The number of halogens is 1. The zero-order valence-electron chi connectivity index (χ0n) is 10.6. The van der Waals surface area contributed by atoms with E-state index in [1.54, 1.807) is 0 Å². The Hall–Kier alpha value is -1.47. The van der Waals surface area contributed by atoms with Gasteiger partial charge in [-0.05, 0) is 24.6 Å². The largest absolute Gasteiger partial charge is 0.462 e. The lowest BCUT2D eigenvalue weighted by atomic mass is 10.2. The number of carbonyl (C=O) groups is 1. The van der Waals surface area contributed by atoms with Crippen LogP contribution in [0.25, 0.3) is 0 Å². The van der Waals surface area contributed by atoms with E-state index in [2.05, 4.69) is 0 Å². The lowest BCUT2D eigenvalue weighted by molar-refractivity contribution is 0.0498. The molecule has 0 amide bonds. The molecule has 0 saturated carbocycles. The zero-order chi connectivity index (χ0) is 14.5. The van der Waals surface area contributed by atoms with Crippen LogP contribution in [0.5, 0.6) is 0 Å². The van der Waals surface area contributed by atoms with Gasteiger partial charge in [-0.3, -0.25) is 0 Å². The quantitative estimate of drug-likeness (QED) is 0.639. The van der Waals surface area contributed by atoms with E-state index in [9.17, 15) is 17.6 Å². The van der Waals surface area contributed by atoms with Crippen molar-refractivity contribution in [2.45, 2.75) is 31.1 Å². The number of esters is 1. The maximum Gasteiger partial charge on any atom is 0.338 e. The maximum absolute atomic E-state index is 13.3. The Balaban J connectivity index is 2.82. The number of unbranched alkanes of at least 4 members (excludes halogenated alkanes) is 2. The molecule has 0 unspecified atom stereocenters. The van der Waals surface area contributed by atoms with Crippen molar-refractivity contribution in [2.75, 3.05) is 6.61 Å². The monoisotopic (exact) mass is 289 g/mol. The molecule has 0 aromatic heterocycles. The van der Waals surface area contributed by atoms with Gasteiger partial charge in [0.15, 0.2) is 0 Å². The number of ether oxygens (including phenoxy) is 1. The minimum Gasteiger partial charge on any atom is -0.462 e. The molecule has 106 valence electrons. The topological polar surface area (TPSA) is 86.5 Å². The molecule has 1 rings (SSSR count). The van der Waals surface area contributed by atoms with Crippen LogP contribution in [0.3, 0.4) is 0 Å². The van der Waals surface area contributed by atoms with E-state index in [1.165, 1.54) is 0 Å². The third kappa shape index (κ3) is 4.60. The van der Waals surface area contributed by atoms with E-state index in [0.717, 1.165) is 37.5 Å². The van der Waals surface area contributed by atoms with Gasteiger partial charge in [0.2, 0.25) is 10.0 Å². The van der Waals surface area contributed by atoms with Crippen molar-refractivity contribution in [3.63, 3.8) is 0 Å². The molecule has 0 spiro atoms. The van der Waals surface area contributed by atoms with Crippen LogP contribution in [0.2, 0.25) is 0 Å². The van der Waals surface area contributed by atoms with Crippen LogP contribution in [0.4, 0.5) is 4.39 Å². The van der Waals surface area contributed by atoms with Crippen LogP contribution >= 0.6 is 0 Å². The molecule has 0 saturated heterocycles. The lowest BCUT2D eigenvalue weighted by Gasteiger charge is -2.06. The number of primary sulfonamides is 1. The predicted molar refractivity (Wildman–Crippen MR) is 67.6 cm³/mol. The Morgan fingerprint density at radius 3 is 2.63 bits per heavy atom. The van der Waals surface area contributed by atoms with Crippen molar-refractivity contribution in [3.8, 4) is 0 Å². The maximum atomic E-state index is 13.3. The Labute approximate surface area is 111 Å². The molecular formula is C12H16FNO4S. The summed E-state index contributed by atoms with van der Waals surface area (Å²) < 4.78 is 40.4. The van der Waals surface area contributed by atoms with Crippen molar-refractivity contribution in [1.29, 1.82) is 0 Å². The van der Waals surface area contributed by atoms with E-state index < -0.39 is 26.7 Å². The molecule has 5 nitrogen and oxygen atoms in total. The highest BCUT2D eigenvalue weighted by molar-refractivity contribution is 7.89. The first-order chi connectivity index (χ1) is 8.86. The Morgan fingerprint density at radius 1 is 1.37 bits per heavy atom. The van der Waals surface area contributed by atoms with Crippen LogP contribution in [0.1, 0.15) is 36.5 Å². The van der Waals surface area contributed by atoms with Crippen molar-refractivity contribution in [2.24, 2.45) is 5.14 Å². The summed E-state index contributed by atoms with van der Waals surface area (Å²) in [6.45, 7) is 2.26. The molecule has 0 bridgehead atoms. The van der Waals surface area contributed by atoms with Crippen molar-refractivity contribution < 1.29 is 22.3 Å². The molecule has 7 heteroatoms. The molecule has 0 heterocycles. The third-order valence-corrected chi connectivity index (χ3v) is 3.38. The highest BCUT2D eigenvalue weighted by atomic mass is 32.2. The van der Waals surface area contributed by atoms with E-state index >= 15 is 0 Å². The van der Waals surface area contributed by atoms with E-state index in [4.69, 9.17) is 9.88 Å². The SMILES string of the molecule is CCCCCOC(=O)c1ccc(F)c(S(N)(=O)=O)c1. The molecule has 19 heavy (non-hydrogen) atoms. The second-order valence-electron chi connectivity index (χ2n) is 4.03. The van der Waals surface area contributed by atoms with E-state index in [-0.39, 0.29) is 12.2 Å². The average Bonchev–Trinajstić information content (AvgIpc) is 2.33. The first kappa shape index (κ1) is 15.6. The summed E-state index contributed by atoms with van der Waals surface area (Å²) >= 11 is 0. The van der Waals surface area contributed by atoms with Gasteiger partial charge in [-0.25, -0.2) is 22.7 Å². The fourth-order valence-corrected chi connectivity index (χ4v) is 2.08.